The average Bonchev–Trinajstić information content (AvgIpc) is 3.59. The third-order valence-corrected chi connectivity index (χ3v) is 8.59. The zero-order chi connectivity index (χ0) is 30.9. The fourth-order valence-corrected chi connectivity index (χ4v) is 6.25. The van der Waals surface area contributed by atoms with Crippen LogP contribution in [0.25, 0.3) is 0 Å². The quantitative estimate of drug-likeness (QED) is 0.222. The van der Waals surface area contributed by atoms with Crippen molar-refractivity contribution in [3.8, 4) is 5.75 Å². The third-order valence-electron chi connectivity index (χ3n) is 7.67. The first-order chi connectivity index (χ1) is 21.4. The highest BCUT2D eigenvalue weighted by Crippen LogP contribution is 2.32. The number of aliphatic hydroxyl groups excluding tert-OH is 1. The van der Waals surface area contributed by atoms with Crippen LogP contribution < -0.4 is 10.1 Å². The molecular formula is C34H35N3O6S. The number of rotatable bonds is 12. The van der Waals surface area contributed by atoms with Crippen molar-refractivity contribution in [1.82, 2.24) is 15.1 Å². The Morgan fingerprint density at radius 1 is 0.864 bits per heavy atom. The predicted octanol–water partition coefficient (Wildman–Crippen LogP) is 3.85. The van der Waals surface area contributed by atoms with E-state index in [4.69, 9.17) is 4.74 Å². The monoisotopic (exact) mass is 613 g/mol. The molecule has 0 spiro atoms. The Balaban J connectivity index is 1.16. The largest absolute Gasteiger partial charge is 0.484 e. The maximum atomic E-state index is 13.0. The van der Waals surface area contributed by atoms with E-state index < -0.39 is 24.0 Å². The van der Waals surface area contributed by atoms with E-state index in [1.807, 2.05) is 24.3 Å². The number of hydrogen-bond acceptors (Lipinski definition) is 7. The summed E-state index contributed by atoms with van der Waals surface area (Å²) in [5, 5.41) is 24.3. The highest BCUT2D eigenvalue weighted by molar-refractivity contribution is 7.10. The fraction of sp³-hybridized carbons (Fsp3) is 0.265. The lowest BCUT2D eigenvalue weighted by atomic mass is 10.0. The van der Waals surface area contributed by atoms with Crippen LogP contribution in [0.3, 0.4) is 0 Å². The molecule has 1 saturated heterocycles. The van der Waals surface area contributed by atoms with Gasteiger partial charge in [0.25, 0.3) is 11.8 Å². The van der Waals surface area contributed by atoms with Crippen LogP contribution in [0.4, 0.5) is 0 Å². The molecule has 0 bridgehead atoms. The molecule has 3 aromatic carbocycles. The van der Waals surface area contributed by atoms with Gasteiger partial charge in [-0.2, -0.15) is 0 Å². The molecule has 1 aliphatic heterocycles. The topological polar surface area (TPSA) is 119 Å². The summed E-state index contributed by atoms with van der Waals surface area (Å²) < 4.78 is 5.77. The van der Waals surface area contributed by atoms with Crippen molar-refractivity contribution in [3.05, 3.63) is 124 Å². The number of hydrogen-bond donors (Lipinski definition) is 3. The second-order valence-corrected chi connectivity index (χ2v) is 11.6. The number of carboxylic acids is 1. The van der Waals surface area contributed by atoms with Crippen LogP contribution in [-0.2, 0) is 16.0 Å². The first-order valence-electron chi connectivity index (χ1n) is 14.5. The molecule has 3 atom stereocenters. The predicted molar refractivity (Wildman–Crippen MR) is 168 cm³/mol. The molecule has 3 N–H and O–H groups in total. The van der Waals surface area contributed by atoms with Crippen molar-refractivity contribution in [1.29, 1.82) is 0 Å². The third kappa shape index (κ3) is 7.90. The molecule has 0 saturated carbocycles. The molecule has 4 aromatic rings. The molecule has 1 aliphatic rings. The van der Waals surface area contributed by atoms with Gasteiger partial charge in [-0.05, 0) is 47.2 Å². The second kappa shape index (κ2) is 14.8. The van der Waals surface area contributed by atoms with Crippen LogP contribution >= 0.6 is 11.3 Å². The molecule has 228 valence electrons. The molecule has 44 heavy (non-hydrogen) atoms. The van der Waals surface area contributed by atoms with E-state index in [-0.39, 0.29) is 30.5 Å². The van der Waals surface area contributed by atoms with Crippen LogP contribution in [0.1, 0.15) is 32.4 Å². The summed E-state index contributed by atoms with van der Waals surface area (Å²) in [5.41, 5.74) is 2.22. The van der Waals surface area contributed by atoms with Gasteiger partial charge in [-0.25, -0.2) is 4.79 Å². The molecule has 0 aliphatic carbocycles. The number of aliphatic carboxylic acids is 1. The van der Waals surface area contributed by atoms with Crippen LogP contribution in [0.15, 0.2) is 102 Å². The Morgan fingerprint density at radius 2 is 1.57 bits per heavy atom. The molecule has 1 aromatic heterocycles. The van der Waals surface area contributed by atoms with Crippen LogP contribution in [0.5, 0.6) is 5.75 Å². The van der Waals surface area contributed by atoms with Gasteiger partial charge in [-0.3, -0.25) is 14.5 Å². The Bertz CT molecular complexity index is 1530. The summed E-state index contributed by atoms with van der Waals surface area (Å²) in [4.78, 5) is 43.0. The molecule has 9 nitrogen and oxygen atoms in total. The summed E-state index contributed by atoms with van der Waals surface area (Å²) in [7, 11) is 0. The van der Waals surface area contributed by atoms with Crippen LogP contribution in [0.2, 0.25) is 0 Å². The number of amides is 2. The minimum atomic E-state index is -1.79. The first-order valence-corrected chi connectivity index (χ1v) is 15.4. The number of nitrogens with one attached hydrogen (secondary N) is 1. The molecule has 10 heteroatoms. The van der Waals surface area contributed by atoms with Crippen molar-refractivity contribution in [3.63, 3.8) is 0 Å². The number of carbonyl (C=O) groups excluding carboxylic acids is 2. The molecular weight excluding hydrogens is 578 g/mol. The molecule has 5 rings (SSSR count). The van der Waals surface area contributed by atoms with Crippen molar-refractivity contribution < 1.29 is 29.3 Å². The van der Waals surface area contributed by atoms with Gasteiger partial charge in [0.15, 0.2) is 12.7 Å². The highest BCUT2D eigenvalue weighted by Gasteiger charge is 2.30. The summed E-state index contributed by atoms with van der Waals surface area (Å²) in [5.74, 6) is -1.79. The lowest BCUT2D eigenvalue weighted by Crippen LogP contribution is -2.50. The average molecular weight is 614 g/mol. The molecule has 2 heterocycles. The summed E-state index contributed by atoms with van der Waals surface area (Å²) in [6.45, 7) is 2.44. The van der Waals surface area contributed by atoms with E-state index in [1.165, 1.54) is 16.5 Å². The number of thiophene rings is 1. The SMILES string of the molecule is O=C(N[C@@H](Cc1ccccc1)[C@@H](O)C(=O)O)c1cccc(OCC(=O)N2CCN(C(c3ccccc3)c3cccs3)CC2)c1. The minimum Gasteiger partial charge on any atom is -0.484 e. The molecule has 2 amide bonds. The van der Waals surface area contributed by atoms with Crippen molar-refractivity contribution >= 4 is 29.1 Å². The second-order valence-electron chi connectivity index (χ2n) is 10.6. The van der Waals surface area contributed by atoms with Crippen molar-refractivity contribution in [2.24, 2.45) is 0 Å². The van der Waals surface area contributed by atoms with Crippen LogP contribution in [-0.4, -0.2) is 82.7 Å². The van der Waals surface area contributed by atoms with Crippen molar-refractivity contribution in [2.45, 2.75) is 24.6 Å². The number of carbonyl (C=O) groups is 3. The standard InChI is InChI=1S/C34H35N3O6S/c38-30(36-16-18-37(19-17-36)31(29-15-8-20-44-29)25-11-5-2-6-12-25)23-43-27-14-7-13-26(22-27)33(40)35-28(32(39)34(41)42)21-24-9-3-1-4-10-24/h1-15,20,22,28,31-32,39H,16-19,21,23H2,(H,35,40)(H,41,42)/t28-,31?,32+/m0/s1. The summed E-state index contributed by atoms with van der Waals surface area (Å²) in [6, 6.07) is 29.1. The zero-order valence-corrected chi connectivity index (χ0v) is 24.9. The first kappa shape index (κ1) is 30.9. The van der Waals surface area contributed by atoms with E-state index in [2.05, 4.69) is 39.9 Å². The smallest absolute Gasteiger partial charge is 0.334 e. The number of ether oxygens (including phenoxy) is 1. The normalized spacial score (nSPS) is 15.6. The number of aliphatic hydroxyl groups is 1. The van der Waals surface area contributed by atoms with Gasteiger partial charge < -0.3 is 25.2 Å². The highest BCUT2D eigenvalue weighted by atomic mass is 32.1. The number of carboxylic acid groups (broad SMARTS) is 1. The Morgan fingerprint density at radius 3 is 2.23 bits per heavy atom. The van der Waals surface area contributed by atoms with Gasteiger partial charge in [0, 0.05) is 36.6 Å². The number of piperazine rings is 1. The van der Waals surface area contributed by atoms with Gasteiger partial charge >= 0.3 is 5.97 Å². The number of benzene rings is 3. The van der Waals surface area contributed by atoms with Crippen LogP contribution in [0, 0.1) is 0 Å². The maximum Gasteiger partial charge on any atom is 0.334 e. The minimum absolute atomic E-state index is 0.136. The lowest BCUT2D eigenvalue weighted by Gasteiger charge is -2.39. The molecule has 0 radical (unpaired) electrons. The van der Waals surface area contributed by atoms with Gasteiger partial charge in [-0.1, -0.05) is 72.8 Å². The van der Waals surface area contributed by atoms with Gasteiger partial charge in [0.1, 0.15) is 5.75 Å². The number of nitrogens with zero attached hydrogens (tertiary/aromatic N) is 2. The lowest BCUT2D eigenvalue weighted by molar-refractivity contribution is -0.148. The van der Waals surface area contributed by atoms with E-state index in [1.54, 1.807) is 58.7 Å². The Kier molecular flexibility index (Phi) is 10.4. The van der Waals surface area contributed by atoms with Crippen molar-refractivity contribution in [2.75, 3.05) is 32.8 Å². The maximum absolute atomic E-state index is 13.0. The van der Waals surface area contributed by atoms with E-state index in [9.17, 15) is 24.6 Å². The van der Waals surface area contributed by atoms with E-state index in [0.29, 0.717) is 18.8 Å². The Hall–Kier alpha value is -4.51. The zero-order valence-electron chi connectivity index (χ0n) is 24.1. The molecule has 1 fully saturated rings. The van der Waals surface area contributed by atoms with E-state index >= 15 is 0 Å². The van der Waals surface area contributed by atoms with Gasteiger partial charge in [0.2, 0.25) is 0 Å². The molecule has 1 unspecified atom stereocenters. The summed E-state index contributed by atoms with van der Waals surface area (Å²) >= 11 is 1.73. The van der Waals surface area contributed by atoms with E-state index in [0.717, 1.165) is 18.7 Å². The van der Waals surface area contributed by atoms with Gasteiger partial charge in [-0.15, -0.1) is 11.3 Å². The van der Waals surface area contributed by atoms with Gasteiger partial charge in [0.05, 0.1) is 12.1 Å². The fourth-order valence-electron chi connectivity index (χ4n) is 5.36. The summed E-state index contributed by atoms with van der Waals surface area (Å²) in [6.07, 6.45) is -1.65. The Labute approximate surface area is 260 Å².